The third-order valence-electron chi connectivity index (χ3n) is 7.46. The van der Waals surface area contributed by atoms with Gasteiger partial charge < -0.3 is 14.6 Å². The van der Waals surface area contributed by atoms with E-state index in [1.807, 2.05) is 18.9 Å². The van der Waals surface area contributed by atoms with Crippen molar-refractivity contribution in [2.24, 2.45) is 12.5 Å². The van der Waals surface area contributed by atoms with Gasteiger partial charge in [0.15, 0.2) is 11.6 Å². The Balaban J connectivity index is 1.57. The lowest BCUT2D eigenvalue weighted by Crippen LogP contribution is -2.46. The van der Waals surface area contributed by atoms with Gasteiger partial charge in [-0.2, -0.15) is 0 Å². The summed E-state index contributed by atoms with van der Waals surface area (Å²) >= 11 is 0. The van der Waals surface area contributed by atoms with Gasteiger partial charge in [0.25, 0.3) is 5.56 Å². The van der Waals surface area contributed by atoms with Crippen molar-refractivity contribution in [2.45, 2.75) is 64.6 Å². The zero-order valence-corrected chi connectivity index (χ0v) is 21.2. The zero-order chi connectivity index (χ0) is 26.0. The average Bonchev–Trinajstić information content (AvgIpc) is 2.99. The number of benzene rings is 1. The van der Waals surface area contributed by atoms with E-state index in [0.29, 0.717) is 16.9 Å². The number of nitrogens with zero attached hydrogens (tertiary/aromatic N) is 5. The summed E-state index contributed by atoms with van der Waals surface area (Å²) in [6.45, 7) is 4.14. The number of rotatable bonds is 6. The number of anilines is 1. The Hall–Kier alpha value is -3.36. The topological polar surface area (TPSA) is 84.1 Å². The van der Waals surface area contributed by atoms with Crippen molar-refractivity contribution in [3.8, 4) is 28.3 Å². The molecule has 1 N–H and O–H groups in total. The van der Waals surface area contributed by atoms with Crippen LogP contribution in [0.5, 0.6) is 5.75 Å². The summed E-state index contributed by atoms with van der Waals surface area (Å²) in [5, 5.41) is 19.1. The number of phenols is 1. The average molecular weight is 498 g/mol. The highest BCUT2D eigenvalue weighted by Gasteiger charge is 2.42. The van der Waals surface area contributed by atoms with Gasteiger partial charge in [-0.1, -0.05) is 39.2 Å². The number of aromatic nitrogens is 4. The van der Waals surface area contributed by atoms with Crippen LogP contribution in [-0.4, -0.2) is 44.1 Å². The van der Waals surface area contributed by atoms with Crippen molar-refractivity contribution in [1.29, 1.82) is 0 Å². The van der Waals surface area contributed by atoms with E-state index >= 15 is 4.39 Å². The molecule has 0 saturated heterocycles. The summed E-state index contributed by atoms with van der Waals surface area (Å²) in [5.74, 6) is -0.0905. The van der Waals surface area contributed by atoms with Gasteiger partial charge in [0.1, 0.15) is 17.7 Å². The largest absolute Gasteiger partial charge is 0.507 e. The molecule has 0 radical (unpaired) electrons. The molecular formula is C27H33F2N5O2. The summed E-state index contributed by atoms with van der Waals surface area (Å²) < 4.78 is 31.3. The number of aromatic hydroxyl groups is 1. The second-order valence-electron chi connectivity index (χ2n) is 10.1. The zero-order valence-electron chi connectivity index (χ0n) is 21.2. The number of phenolic OH excluding ortho intramolecular Hbond substituents is 1. The molecule has 0 unspecified atom stereocenters. The molecule has 1 aromatic carbocycles. The molecule has 192 valence electrons. The second kappa shape index (κ2) is 10.3. The smallest absolute Gasteiger partial charge is 0.251 e. The first-order valence-corrected chi connectivity index (χ1v) is 12.4. The predicted molar refractivity (Wildman–Crippen MR) is 136 cm³/mol. The summed E-state index contributed by atoms with van der Waals surface area (Å²) in [7, 11) is 3.29. The Morgan fingerprint density at radius 1 is 1.22 bits per heavy atom. The fraction of sp³-hybridized carbons (Fsp3) is 0.481. The maximum absolute atomic E-state index is 15.7. The van der Waals surface area contributed by atoms with E-state index in [4.69, 9.17) is 0 Å². The van der Waals surface area contributed by atoms with E-state index in [1.54, 1.807) is 12.1 Å². The monoisotopic (exact) mass is 497 g/mol. The third-order valence-corrected chi connectivity index (χ3v) is 7.46. The van der Waals surface area contributed by atoms with Crippen LogP contribution in [0.15, 0.2) is 41.5 Å². The van der Waals surface area contributed by atoms with Crippen LogP contribution in [0.3, 0.4) is 0 Å². The third kappa shape index (κ3) is 4.96. The van der Waals surface area contributed by atoms with Gasteiger partial charge in [0.2, 0.25) is 0 Å². The summed E-state index contributed by atoms with van der Waals surface area (Å²) in [4.78, 5) is 18.1. The Kier molecular flexibility index (Phi) is 7.38. The van der Waals surface area contributed by atoms with Crippen molar-refractivity contribution in [2.75, 3.05) is 11.9 Å². The van der Waals surface area contributed by atoms with E-state index in [-0.39, 0.29) is 34.2 Å². The fourth-order valence-corrected chi connectivity index (χ4v) is 5.29. The fourth-order valence-electron chi connectivity index (χ4n) is 5.29. The lowest BCUT2D eigenvalue weighted by atomic mass is 9.76. The maximum atomic E-state index is 15.7. The van der Waals surface area contributed by atoms with Crippen LogP contribution >= 0.6 is 0 Å². The van der Waals surface area contributed by atoms with Gasteiger partial charge in [-0.05, 0) is 37.0 Å². The number of aryl methyl sites for hydroxylation is 1. The number of halogens is 2. The van der Waals surface area contributed by atoms with Crippen LogP contribution in [0, 0.1) is 11.2 Å². The summed E-state index contributed by atoms with van der Waals surface area (Å²) in [5.41, 5.74) is 0.0453. The first kappa shape index (κ1) is 25.7. The molecule has 3 atom stereocenters. The Labute approximate surface area is 209 Å². The number of hydrogen-bond donors (Lipinski definition) is 1. The first-order valence-electron chi connectivity index (χ1n) is 12.4. The lowest BCUT2D eigenvalue weighted by molar-refractivity contribution is 0.0868. The Bertz CT molecular complexity index is 1280. The molecular weight excluding hydrogens is 464 g/mol. The molecule has 0 spiro atoms. The molecule has 36 heavy (non-hydrogen) atoms. The molecule has 1 aliphatic rings. The van der Waals surface area contributed by atoms with E-state index < -0.39 is 12.0 Å². The number of alkyl halides is 1. The van der Waals surface area contributed by atoms with Gasteiger partial charge in [-0.15, -0.1) is 10.2 Å². The van der Waals surface area contributed by atoms with E-state index in [0.717, 1.165) is 49.3 Å². The highest BCUT2D eigenvalue weighted by Crippen LogP contribution is 2.42. The lowest BCUT2D eigenvalue weighted by Gasteiger charge is -2.39. The van der Waals surface area contributed by atoms with Gasteiger partial charge in [0, 0.05) is 37.3 Å². The molecule has 9 heteroatoms. The molecule has 0 amide bonds. The van der Waals surface area contributed by atoms with Gasteiger partial charge >= 0.3 is 0 Å². The van der Waals surface area contributed by atoms with Crippen LogP contribution in [0.4, 0.5) is 14.6 Å². The molecule has 7 nitrogen and oxygen atoms in total. The SMILES string of the molecule is CCC[C@]1(C)CCCC[C@H](N(C)c2cnc(-c3ccc(-c4cc(=O)n(C)cc4F)cc3O)nn2)[C@@H]1F. The molecule has 1 fully saturated rings. The van der Waals surface area contributed by atoms with Crippen molar-refractivity contribution < 1.29 is 13.9 Å². The Morgan fingerprint density at radius 2 is 2.00 bits per heavy atom. The van der Waals surface area contributed by atoms with Gasteiger partial charge in [0.05, 0.1) is 17.8 Å². The Morgan fingerprint density at radius 3 is 2.67 bits per heavy atom. The van der Waals surface area contributed by atoms with Crippen LogP contribution < -0.4 is 10.5 Å². The van der Waals surface area contributed by atoms with E-state index in [2.05, 4.69) is 22.1 Å². The molecule has 2 heterocycles. The molecule has 3 aromatic rings. The maximum Gasteiger partial charge on any atom is 0.251 e. The van der Waals surface area contributed by atoms with E-state index in [1.165, 1.54) is 25.4 Å². The molecule has 0 aliphatic heterocycles. The summed E-state index contributed by atoms with van der Waals surface area (Å²) in [6, 6.07) is 5.38. The van der Waals surface area contributed by atoms with Gasteiger partial charge in [-0.3, -0.25) is 4.79 Å². The molecule has 1 saturated carbocycles. The van der Waals surface area contributed by atoms with Crippen LogP contribution in [0.25, 0.3) is 22.5 Å². The van der Waals surface area contributed by atoms with Gasteiger partial charge in [-0.25, -0.2) is 13.8 Å². The highest BCUT2D eigenvalue weighted by molar-refractivity contribution is 5.73. The highest BCUT2D eigenvalue weighted by atomic mass is 19.1. The standard InChI is InChI=1S/C27H33F2N5O2/c1-5-11-27(2)12-7-6-8-21(25(27)29)34(4)23-15-30-26(32-31-23)18-10-9-17(13-22(18)35)19-14-24(36)33(3)16-20(19)28/h9-10,13-16,21,25,35H,5-8,11-12H2,1-4H3/t21-,25-,27+/m0/s1. The van der Waals surface area contributed by atoms with Crippen molar-refractivity contribution >= 4 is 5.82 Å². The molecule has 0 bridgehead atoms. The minimum absolute atomic E-state index is 0.0928. The minimum atomic E-state index is -0.988. The second-order valence-corrected chi connectivity index (χ2v) is 10.1. The number of hydrogen-bond acceptors (Lipinski definition) is 6. The van der Waals surface area contributed by atoms with E-state index in [9.17, 15) is 14.3 Å². The summed E-state index contributed by atoms with van der Waals surface area (Å²) in [6.07, 6.45) is 7.03. The molecule has 2 aromatic heterocycles. The van der Waals surface area contributed by atoms with Crippen LogP contribution in [0.2, 0.25) is 0 Å². The first-order chi connectivity index (χ1) is 17.1. The number of pyridine rings is 1. The quantitative estimate of drug-likeness (QED) is 0.467. The molecule has 4 rings (SSSR count). The van der Waals surface area contributed by atoms with Crippen molar-refractivity contribution in [3.05, 3.63) is 52.8 Å². The van der Waals surface area contributed by atoms with Crippen molar-refractivity contribution in [1.82, 2.24) is 19.7 Å². The van der Waals surface area contributed by atoms with Crippen molar-refractivity contribution in [3.63, 3.8) is 0 Å². The van der Waals surface area contributed by atoms with Crippen LogP contribution in [0.1, 0.15) is 52.4 Å². The normalized spacial score (nSPS) is 22.3. The predicted octanol–water partition coefficient (Wildman–Crippen LogP) is 5.27. The van der Waals surface area contributed by atoms with Crippen LogP contribution in [-0.2, 0) is 7.05 Å². The minimum Gasteiger partial charge on any atom is -0.507 e. The molecule has 1 aliphatic carbocycles.